The molecule has 0 nitrogen and oxygen atoms in total. The van der Waals surface area contributed by atoms with Gasteiger partial charge in [-0.1, -0.05) is 22.0 Å². The highest BCUT2D eigenvalue weighted by molar-refractivity contribution is 14.1. The molecule has 1 aromatic rings. The quantitative estimate of drug-likeness (QED) is 0.362. The zero-order valence-electron chi connectivity index (χ0n) is 8.15. The maximum atomic E-state index is 12.3. The van der Waals surface area contributed by atoms with Crippen LogP contribution in [-0.2, 0) is 6.42 Å². The summed E-state index contributed by atoms with van der Waals surface area (Å²) < 4.78 is 37.4. The van der Waals surface area contributed by atoms with E-state index in [1.54, 1.807) is 12.1 Å². The second kappa shape index (κ2) is 6.49. The molecule has 6 heteroatoms. The smallest absolute Gasteiger partial charge is 0.160 e. The Labute approximate surface area is 119 Å². The first-order chi connectivity index (χ1) is 7.42. The van der Waals surface area contributed by atoms with E-state index in [9.17, 15) is 13.2 Å². The minimum atomic E-state index is -4.21. The van der Waals surface area contributed by atoms with Crippen molar-refractivity contribution in [3.05, 3.63) is 27.3 Å². The van der Waals surface area contributed by atoms with Gasteiger partial charge in [0.25, 0.3) is 0 Å². The summed E-state index contributed by atoms with van der Waals surface area (Å²) in [7, 11) is 0. The minimum Gasteiger partial charge on any atom is -0.160 e. The van der Waals surface area contributed by atoms with Crippen LogP contribution in [0.25, 0.3) is 0 Å². The van der Waals surface area contributed by atoms with E-state index in [0.717, 1.165) is 23.7 Å². The van der Waals surface area contributed by atoms with Gasteiger partial charge in [-0.05, 0) is 64.9 Å². The van der Waals surface area contributed by atoms with Crippen LogP contribution >= 0.6 is 50.3 Å². The third-order valence-corrected chi connectivity index (χ3v) is 4.48. The van der Waals surface area contributed by atoms with Crippen LogP contribution in [0.2, 0.25) is 0 Å². The molecular formula is C10H9BrF3IS. The number of rotatable bonds is 4. The fourth-order valence-corrected chi connectivity index (χ4v) is 2.75. The van der Waals surface area contributed by atoms with Crippen molar-refractivity contribution in [3.63, 3.8) is 0 Å². The first-order valence-corrected chi connectivity index (χ1v) is 7.54. The van der Waals surface area contributed by atoms with Gasteiger partial charge in [-0.2, -0.15) is 13.2 Å². The average Bonchev–Trinajstić information content (AvgIpc) is 2.17. The fraction of sp³-hybridized carbons (Fsp3) is 0.400. The van der Waals surface area contributed by atoms with Crippen molar-refractivity contribution in [2.24, 2.45) is 0 Å². The van der Waals surface area contributed by atoms with Gasteiger partial charge < -0.3 is 0 Å². The third-order valence-electron chi connectivity index (χ3n) is 1.82. The van der Waals surface area contributed by atoms with Crippen molar-refractivity contribution in [1.82, 2.24) is 0 Å². The Bertz CT molecular complexity index is 354. The molecule has 0 unspecified atom stereocenters. The lowest BCUT2D eigenvalue weighted by Gasteiger charge is -2.09. The van der Waals surface area contributed by atoms with Crippen LogP contribution in [0.4, 0.5) is 13.2 Å². The predicted octanol–water partition coefficient (Wildman–Crippen LogP) is 5.23. The van der Waals surface area contributed by atoms with Gasteiger partial charge in [-0.15, -0.1) is 0 Å². The molecule has 0 spiro atoms. The van der Waals surface area contributed by atoms with Crippen molar-refractivity contribution in [2.45, 2.75) is 23.2 Å². The van der Waals surface area contributed by atoms with Crippen molar-refractivity contribution >= 4 is 50.3 Å². The SMILES string of the molecule is FC(F)(F)Sc1cc(CCCBr)ccc1I. The Morgan fingerprint density at radius 1 is 1.31 bits per heavy atom. The predicted molar refractivity (Wildman–Crippen MR) is 73.2 cm³/mol. The first kappa shape index (κ1) is 14.6. The molecule has 90 valence electrons. The van der Waals surface area contributed by atoms with Crippen LogP contribution in [0.15, 0.2) is 23.1 Å². The highest BCUT2D eigenvalue weighted by atomic mass is 127. The Balaban J connectivity index is 2.82. The third kappa shape index (κ3) is 5.27. The second-order valence-electron chi connectivity index (χ2n) is 3.11. The molecule has 0 saturated carbocycles. The molecule has 0 aromatic heterocycles. The number of benzene rings is 1. The fourth-order valence-electron chi connectivity index (χ4n) is 1.18. The standard InChI is InChI=1S/C10H9BrF3IS/c11-5-1-2-7-3-4-8(15)9(6-7)16-10(12,13)14/h3-4,6H,1-2,5H2. The molecule has 0 aliphatic heterocycles. The second-order valence-corrected chi connectivity index (χ2v) is 6.17. The molecule has 0 aliphatic rings. The Kier molecular flexibility index (Phi) is 5.93. The lowest BCUT2D eigenvalue weighted by atomic mass is 10.1. The highest BCUT2D eigenvalue weighted by Gasteiger charge is 2.30. The molecule has 16 heavy (non-hydrogen) atoms. The lowest BCUT2D eigenvalue weighted by molar-refractivity contribution is -0.0328. The summed E-state index contributed by atoms with van der Waals surface area (Å²) in [5, 5.41) is 0.862. The Morgan fingerprint density at radius 3 is 2.56 bits per heavy atom. The number of aryl methyl sites for hydroxylation is 1. The number of alkyl halides is 4. The van der Waals surface area contributed by atoms with Crippen LogP contribution in [-0.4, -0.2) is 10.8 Å². The zero-order valence-corrected chi connectivity index (χ0v) is 12.7. The van der Waals surface area contributed by atoms with Gasteiger partial charge in [0.15, 0.2) is 0 Å². The first-order valence-electron chi connectivity index (χ1n) is 4.52. The summed E-state index contributed by atoms with van der Waals surface area (Å²) in [6.45, 7) is 0. The van der Waals surface area contributed by atoms with Gasteiger partial charge >= 0.3 is 5.51 Å². The summed E-state index contributed by atoms with van der Waals surface area (Å²) in [5.74, 6) is 0. The van der Waals surface area contributed by atoms with Gasteiger partial charge in [0, 0.05) is 13.8 Å². The van der Waals surface area contributed by atoms with Crippen LogP contribution < -0.4 is 0 Å². The summed E-state index contributed by atoms with van der Waals surface area (Å²) in [5.41, 5.74) is -3.26. The van der Waals surface area contributed by atoms with Gasteiger partial charge in [0.05, 0.1) is 0 Å². The summed E-state index contributed by atoms with van der Waals surface area (Å²) in [6.07, 6.45) is 1.73. The molecule has 0 bridgehead atoms. The molecular weight excluding hydrogens is 416 g/mol. The summed E-state index contributed by atoms with van der Waals surface area (Å²) in [6, 6.07) is 5.24. The van der Waals surface area contributed by atoms with Gasteiger partial charge in [-0.3, -0.25) is 0 Å². The lowest BCUT2D eigenvalue weighted by Crippen LogP contribution is -2.00. The van der Waals surface area contributed by atoms with Crippen molar-refractivity contribution < 1.29 is 13.2 Å². The molecule has 0 radical (unpaired) electrons. The molecule has 0 saturated heterocycles. The minimum absolute atomic E-state index is 0.0442. The van der Waals surface area contributed by atoms with E-state index in [1.807, 2.05) is 28.7 Å². The van der Waals surface area contributed by atoms with Crippen molar-refractivity contribution in [1.29, 1.82) is 0 Å². The van der Waals surface area contributed by atoms with Gasteiger partial charge in [-0.25, -0.2) is 0 Å². The topological polar surface area (TPSA) is 0 Å². The van der Waals surface area contributed by atoms with Gasteiger partial charge in [0.1, 0.15) is 0 Å². The normalized spacial score (nSPS) is 11.8. The molecule has 0 aliphatic carbocycles. The average molecular weight is 425 g/mol. The van der Waals surface area contributed by atoms with Crippen LogP contribution in [0.5, 0.6) is 0 Å². The van der Waals surface area contributed by atoms with E-state index < -0.39 is 5.51 Å². The summed E-state index contributed by atoms with van der Waals surface area (Å²) >= 11 is 5.18. The molecule has 1 rings (SSSR count). The Morgan fingerprint density at radius 2 is 2.00 bits per heavy atom. The van der Waals surface area contributed by atoms with E-state index in [-0.39, 0.29) is 11.8 Å². The van der Waals surface area contributed by atoms with Gasteiger partial charge in [0.2, 0.25) is 0 Å². The zero-order chi connectivity index (χ0) is 12.2. The van der Waals surface area contributed by atoms with E-state index in [0.29, 0.717) is 8.47 Å². The summed E-state index contributed by atoms with van der Waals surface area (Å²) in [4.78, 5) is 0.292. The van der Waals surface area contributed by atoms with E-state index in [2.05, 4.69) is 15.9 Å². The number of thioether (sulfide) groups is 1. The van der Waals surface area contributed by atoms with Crippen molar-refractivity contribution in [3.8, 4) is 0 Å². The maximum absolute atomic E-state index is 12.3. The highest BCUT2D eigenvalue weighted by Crippen LogP contribution is 2.39. The number of hydrogen-bond donors (Lipinski definition) is 0. The molecule has 0 amide bonds. The molecule has 0 atom stereocenters. The molecule has 0 fully saturated rings. The van der Waals surface area contributed by atoms with Crippen LogP contribution in [0, 0.1) is 3.57 Å². The van der Waals surface area contributed by atoms with E-state index in [1.165, 1.54) is 0 Å². The molecule has 0 heterocycles. The van der Waals surface area contributed by atoms with E-state index in [4.69, 9.17) is 0 Å². The van der Waals surface area contributed by atoms with Crippen LogP contribution in [0.3, 0.4) is 0 Å². The molecule has 1 aromatic carbocycles. The monoisotopic (exact) mass is 424 g/mol. The van der Waals surface area contributed by atoms with Crippen LogP contribution in [0.1, 0.15) is 12.0 Å². The number of hydrogen-bond acceptors (Lipinski definition) is 1. The van der Waals surface area contributed by atoms with E-state index >= 15 is 0 Å². The molecule has 0 N–H and O–H groups in total. The largest absolute Gasteiger partial charge is 0.446 e. The van der Waals surface area contributed by atoms with Crippen molar-refractivity contribution in [2.75, 3.05) is 5.33 Å². The number of halogens is 5. The maximum Gasteiger partial charge on any atom is 0.446 e. The Hall–Kier alpha value is 0.570.